The highest BCUT2D eigenvalue weighted by molar-refractivity contribution is 7.45. The number of ether oxygens (including phenoxy) is 2. The largest absolute Gasteiger partial charge is 0.756 e. The molecule has 0 saturated heterocycles. The molecule has 0 spiro atoms. The van der Waals surface area contributed by atoms with E-state index in [0.717, 1.165) is 32.1 Å². The van der Waals surface area contributed by atoms with E-state index in [-0.39, 0.29) is 19.6 Å². The Morgan fingerprint density at radius 2 is 1.25 bits per heavy atom. The first-order valence-corrected chi connectivity index (χ1v) is 22.7. The van der Waals surface area contributed by atoms with Gasteiger partial charge in [0.15, 0.2) is 0 Å². The minimum atomic E-state index is -4.59. The Labute approximate surface area is 336 Å². The lowest BCUT2D eigenvalue weighted by molar-refractivity contribution is -0.870. The Balaban J connectivity index is 4.54. The van der Waals surface area contributed by atoms with Crippen LogP contribution in [0.15, 0.2) is 60.8 Å². The number of allylic oxidation sites excluding steroid dienone is 7. The number of nitrogens with zero attached hydrogens (tertiary/aromatic N) is 1. The third-order valence-electron chi connectivity index (χ3n) is 8.77. The average Bonchev–Trinajstić information content (AvgIpc) is 3.12. The third kappa shape index (κ3) is 40.1. The number of phosphoric acid groups is 1. The molecule has 0 saturated carbocycles. The molecule has 0 amide bonds. The molecule has 0 rings (SSSR count). The predicted molar refractivity (Wildman–Crippen MR) is 225 cm³/mol. The topological polar surface area (TPSA) is 135 Å². The standard InChI is InChI=1S/C44H80NO9P/c1-6-8-10-12-14-15-16-17-18-19-20-21-25-29-37-51-39-43(40-53-55(49,50)52-38-36-45(3,4)5)54-44(48)35-30-34-42(47)33-28-24-23-27-32-41(46)31-26-22-13-11-9-7-2/h9,11,22-24,26-28,32-33,41-43,46-47H,6-8,10,12-21,25,29-31,34-40H2,1-5H3/b11-9-,24-23-,26-22-,32-27+,33-28+. The molecule has 0 radical (unpaired) electrons. The maximum Gasteiger partial charge on any atom is 0.306 e. The molecule has 4 atom stereocenters. The second kappa shape index (κ2) is 36.5. The number of rotatable bonds is 38. The number of hydrogen-bond donors (Lipinski definition) is 2. The first kappa shape index (κ1) is 53.1. The molecule has 2 N–H and O–H groups in total. The molecule has 0 aromatic heterocycles. The summed E-state index contributed by atoms with van der Waals surface area (Å²) in [5, 5.41) is 20.3. The second-order valence-electron chi connectivity index (χ2n) is 15.4. The van der Waals surface area contributed by atoms with Gasteiger partial charge in [0.25, 0.3) is 7.82 Å². The summed E-state index contributed by atoms with van der Waals surface area (Å²) in [5.74, 6) is -0.521. The Bertz CT molecular complexity index is 1100. The number of aliphatic hydroxyl groups excluding tert-OH is 2. The molecule has 4 unspecified atom stereocenters. The van der Waals surface area contributed by atoms with Crippen LogP contribution in [0.4, 0.5) is 0 Å². The van der Waals surface area contributed by atoms with Gasteiger partial charge < -0.3 is 38.1 Å². The van der Waals surface area contributed by atoms with E-state index in [1.807, 2.05) is 33.3 Å². The molecule has 0 aromatic rings. The summed E-state index contributed by atoms with van der Waals surface area (Å²) in [7, 11) is 1.19. The van der Waals surface area contributed by atoms with Gasteiger partial charge in [0.05, 0.1) is 46.6 Å². The van der Waals surface area contributed by atoms with Gasteiger partial charge in [-0.2, -0.15) is 0 Å². The lowest BCUT2D eigenvalue weighted by atomic mass is 10.0. The minimum Gasteiger partial charge on any atom is -0.756 e. The van der Waals surface area contributed by atoms with Crippen LogP contribution in [-0.4, -0.2) is 93.1 Å². The summed E-state index contributed by atoms with van der Waals surface area (Å²) in [6.07, 6.45) is 37.2. The smallest absolute Gasteiger partial charge is 0.306 e. The molecule has 55 heavy (non-hydrogen) atoms. The minimum absolute atomic E-state index is 0.0135. The number of quaternary nitrogens is 1. The van der Waals surface area contributed by atoms with E-state index < -0.39 is 38.7 Å². The van der Waals surface area contributed by atoms with Crippen LogP contribution in [0.3, 0.4) is 0 Å². The Morgan fingerprint density at radius 1 is 0.691 bits per heavy atom. The first-order chi connectivity index (χ1) is 26.4. The highest BCUT2D eigenvalue weighted by Crippen LogP contribution is 2.38. The number of phosphoric ester groups is 1. The number of aliphatic hydroxyl groups is 2. The number of likely N-dealkylation sites (N-methyl/N-ethyl adjacent to an activating group) is 1. The highest BCUT2D eigenvalue weighted by Gasteiger charge is 2.20. The average molecular weight is 798 g/mol. The Morgan fingerprint density at radius 3 is 1.84 bits per heavy atom. The molecular formula is C44H80NO9P. The van der Waals surface area contributed by atoms with Crippen molar-refractivity contribution in [1.29, 1.82) is 0 Å². The summed E-state index contributed by atoms with van der Waals surface area (Å²) in [6, 6.07) is 0. The zero-order chi connectivity index (χ0) is 40.9. The van der Waals surface area contributed by atoms with Gasteiger partial charge in [-0.15, -0.1) is 0 Å². The van der Waals surface area contributed by atoms with Gasteiger partial charge in [-0.05, 0) is 38.5 Å². The maximum absolute atomic E-state index is 12.7. The quantitative estimate of drug-likeness (QED) is 0.0157. The van der Waals surface area contributed by atoms with Gasteiger partial charge in [0.2, 0.25) is 0 Å². The fourth-order valence-electron chi connectivity index (χ4n) is 5.43. The van der Waals surface area contributed by atoms with Gasteiger partial charge in [-0.1, -0.05) is 158 Å². The molecule has 0 bridgehead atoms. The second-order valence-corrected chi connectivity index (χ2v) is 16.8. The van der Waals surface area contributed by atoms with Crippen molar-refractivity contribution in [2.75, 3.05) is 54.1 Å². The third-order valence-corrected chi connectivity index (χ3v) is 9.74. The number of hydrogen-bond acceptors (Lipinski definition) is 9. The van der Waals surface area contributed by atoms with Gasteiger partial charge in [-0.3, -0.25) is 9.36 Å². The van der Waals surface area contributed by atoms with Crippen LogP contribution in [-0.2, 0) is 27.9 Å². The molecule has 0 aromatic carbocycles. The van der Waals surface area contributed by atoms with Crippen LogP contribution in [0.5, 0.6) is 0 Å². The molecule has 0 aliphatic rings. The molecule has 320 valence electrons. The van der Waals surface area contributed by atoms with Crippen LogP contribution in [0, 0.1) is 0 Å². The zero-order valence-corrected chi connectivity index (χ0v) is 36.2. The number of unbranched alkanes of at least 4 members (excludes halogenated alkanes) is 13. The van der Waals surface area contributed by atoms with E-state index in [1.165, 1.54) is 70.6 Å². The molecule has 0 fully saturated rings. The van der Waals surface area contributed by atoms with Gasteiger partial charge >= 0.3 is 5.97 Å². The van der Waals surface area contributed by atoms with Crippen molar-refractivity contribution < 1.29 is 47.5 Å². The van der Waals surface area contributed by atoms with Crippen LogP contribution < -0.4 is 4.89 Å². The Hall–Kier alpha value is -1.88. The van der Waals surface area contributed by atoms with Crippen LogP contribution >= 0.6 is 7.82 Å². The van der Waals surface area contributed by atoms with E-state index in [2.05, 4.69) is 26.0 Å². The summed E-state index contributed by atoms with van der Waals surface area (Å²) in [5.41, 5.74) is 0. The summed E-state index contributed by atoms with van der Waals surface area (Å²) in [6.45, 7) is 4.90. The molecular weight excluding hydrogens is 717 g/mol. The number of carbonyl (C=O) groups excluding carboxylic acids is 1. The molecule has 0 aliphatic carbocycles. The van der Waals surface area contributed by atoms with Crippen LogP contribution in [0.2, 0.25) is 0 Å². The summed E-state index contributed by atoms with van der Waals surface area (Å²) < 4.78 is 34.3. The SMILES string of the molecule is CC/C=C\C/C=C\CC(O)/C=C/C=C\C=C\C(O)CCCC(=O)OC(COCCCCCCCCCCCCCCCC)COP(=O)([O-])OCC[N+](C)(C)C. The van der Waals surface area contributed by atoms with E-state index in [0.29, 0.717) is 36.9 Å². The van der Waals surface area contributed by atoms with E-state index in [1.54, 1.807) is 36.5 Å². The zero-order valence-electron chi connectivity index (χ0n) is 35.3. The van der Waals surface area contributed by atoms with Crippen molar-refractivity contribution in [1.82, 2.24) is 0 Å². The lowest BCUT2D eigenvalue weighted by Crippen LogP contribution is -2.37. The molecule has 0 aliphatic heterocycles. The molecule has 10 nitrogen and oxygen atoms in total. The van der Waals surface area contributed by atoms with Crippen molar-refractivity contribution in [2.45, 2.75) is 161 Å². The van der Waals surface area contributed by atoms with Gasteiger partial charge in [0.1, 0.15) is 19.3 Å². The number of esters is 1. The van der Waals surface area contributed by atoms with Crippen molar-refractivity contribution in [2.24, 2.45) is 0 Å². The van der Waals surface area contributed by atoms with Crippen molar-refractivity contribution >= 4 is 13.8 Å². The monoisotopic (exact) mass is 798 g/mol. The van der Waals surface area contributed by atoms with E-state index in [4.69, 9.17) is 18.5 Å². The number of carbonyl (C=O) groups is 1. The molecule has 0 heterocycles. The predicted octanol–water partition coefficient (Wildman–Crippen LogP) is 9.47. The normalized spacial score (nSPS) is 15.6. The van der Waals surface area contributed by atoms with E-state index >= 15 is 0 Å². The fourth-order valence-corrected chi connectivity index (χ4v) is 6.16. The highest BCUT2D eigenvalue weighted by atomic mass is 31.2. The van der Waals surface area contributed by atoms with Gasteiger partial charge in [0, 0.05) is 13.0 Å². The van der Waals surface area contributed by atoms with E-state index in [9.17, 15) is 24.5 Å². The van der Waals surface area contributed by atoms with Crippen LogP contribution in [0.25, 0.3) is 0 Å². The lowest BCUT2D eigenvalue weighted by Gasteiger charge is -2.28. The first-order valence-electron chi connectivity index (χ1n) is 21.2. The molecule has 11 heteroatoms. The van der Waals surface area contributed by atoms with Crippen molar-refractivity contribution in [3.05, 3.63) is 60.8 Å². The van der Waals surface area contributed by atoms with Crippen molar-refractivity contribution in [3.63, 3.8) is 0 Å². The maximum atomic E-state index is 12.7. The fraction of sp³-hybridized carbons (Fsp3) is 0.750. The Kier molecular flexibility index (Phi) is 35.2. The van der Waals surface area contributed by atoms with Crippen LogP contribution in [0.1, 0.15) is 142 Å². The summed E-state index contributed by atoms with van der Waals surface area (Å²) in [4.78, 5) is 25.0. The van der Waals surface area contributed by atoms with Crippen molar-refractivity contribution in [3.8, 4) is 0 Å². The summed E-state index contributed by atoms with van der Waals surface area (Å²) >= 11 is 0. The van der Waals surface area contributed by atoms with Gasteiger partial charge in [-0.25, -0.2) is 0 Å².